The lowest BCUT2D eigenvalue weighted by molar-refractivity contribution is -0.0853. The van der Waals surface area contributed by atoms with Crippen LogP contribution in [0, 0.1) is 11.3 Å². The topological polar surface area (TPSA) is 123 Å². The first kappa shape index (κ1) is 15.9. The minimum absolute atomic E-state index is 0.0799. The minimum atomic E-state index is -0.0799. The number of nitriles is 1. The molecule has 0 bridgehead atoms. The van der Waals surface area contributed by atoms with E-state index in [0.717, 1.165) is 0 Å². The summed E-state index contributed by atoms with van der Waals surface area (Å²) in [5.41, 5.74) is 0. The van der Waals surface area contributed by atoms with Gasteiger partial charge in [-0.3, -0.25) is 9.68 Å². The van der Waals surface area contributed by atoms with Gasteiger partial charge in [-0.15, -0.1) is 0 Å². The normalized spacial score (nSPS) is 18.7. The monoisotopic (exact) mass is 301 g/mol. The molecule has 9 heteroatoms. The Bertz CT molecular complexity index is 590. The molecule has 0 aliphatic carbocycles. The van der Waals surface area contributed by atoms with E-state index in [1.807, 2.05) is 0 Å². The van der Waals surface area contributed by atoms with E-state index >= 15 is 0 Å². The molecular weight excluding hydrogens is 286 g/mol. The highest BCUT2D eigenvalue weighted by molar-refractivity contribution is 5.02. The molecule has 1 aliphatic heterocycles. The molecule has 0 amide bonds. The van der Waals surface area contributed by atoms with Gasteiger partial charge in [-0.05, 0) is 12.1 Å². The third-order valence-electron chi connectivity index (χ3n) is 2.53. The summed E-state index contributed by atoms with van der Waals surface area (Å²) in [7, 11) is 0. The SMILES string of the molecule is N#CC1CN1OCc1ncccn1.NOCc1ncccn1. The summed E-state index contributed by atoms with van der Waals surface area (Å²) in [6.45, 7) is 1.28. The van der Waals surface area contributed by atoms with E-state index in [2.05, 4.69) is 30.8 Å². The molecular formula is C13H15N7O2. The van der Waals surface area contributed by atoms with Crippen molar-refractivity contribution in [2.75, 3.05) is 6.54 Å². The van der Waals surface area contributed by atoms with Gasteiger partial charge in [0.05, 0.1) is 12.6 Å². The van der Waals surface area contributed by atoms with E-state index in [0.29, 0.717) is 24.8 Å². The predicted molar refractivity (Wildman–Crippen MR) is 73.9 cm³/mol. The Hall–Kier alpha value is -2.51. The van der Waals surface area contributed by atoms with Crippen molar-refractivity contribution in [1.82, 2.24) is 25.0 Å². The van der Waals surface area contributed by atoms with Gasteiger partial charge in [-0.25, -0.2) is 25.8 Å². The van der Waals surface area contributed by atoms with E-state index in [1.54, 1.807) is 42.0 Å². The number of hydrogen-bond donors (Lipinski definition) is 1. The van der Waals surface area contributed by atoms with Crippen LogP contribution in [-0.2, 0) is 22.9 Å². The Labute approximate surface area is 127 Å². The van der Waals surface area contributed by atoms with Crippen LogP contribution in [0.2, 0.25) is 0 Å². The van der Waals surface area contributed by atoms with Crippen molar-refractivity contribution in [3.63, 3.8) is 0 Å². The molecule has 1 saturated heterocycles. The number of rotatable bonds is 5. The fourth-order valence-electron chi connectivity index (χ4n) is 1.40. The van der Waals surface area contributed by atoms with Gasteiger partial charge in [-0.1, -0.05) is 0 Å². The molecule has 0 spiro atoms. The lowest BCUT2D eigenvalue weighted by Crippen LogP contribution is -2.05. The number of aromatic nitrogens is 4. The summed E-state index contributed by atoms with van der Waals surface area (Å²) in [6, 6.07) is 5.49. The molecule has 114 valence electrons. The van der Waals surface area contributed by atoms with Crippen LogP contribution in [0.1, 0.15) is 11.6 Å². The van der Waals surface area contributed by atoms with Gasteiger partial charge in [-0.2, -0.15) is 10.3 Å². The molecule has 9 nitrogen and oxygen atoms in total. The van der Waals surface area contributed by atoms with Crippen molar-refractivity contribution < 1.29 is 9.68 Å². The molecule has 2 aromatic heterocycles. The third-order valence-corrected chi connectivity index (χ3v) is 2.53. The van der Waals surface area contributed by atoms with Crippen LogP contribution in [0.3, 0.4) is 0 Å². The second kappa shape index (κ2) is 8.71. The average Bonchev–Trinajstić information content (AvgIpc) is 3.35. The van der Waals surface area contributed by atoms with Crippen molar-refractivity contribution in [1.29, 1.82) is 5.26 Å². The summed E-state index contributed by atoms with van der Waals surface area (Å²) in [5.74, 6) is 6.01. The molecule has 0 aromatic carbocycles. The van der Waals surface area contributed by atoms with Crippen LogP contribution >= 0.6 is 0 Å². The van der Waals surface area contributed by atoms with Crippen LogP contribution < -0.4 is 5.90 Å². The smallest absolute Gasteiger partial charge is 0.155 e. The molecule has 22 heavy (non-hydrogen) atoms. The second-order valence-electron chi connectivity index (χ2n) is 4.16. The molecule has 2 atom stereocenters. The molecule has 0 radical (unpaired) electrons. The third kappa shape index (κ3) is 5.47. The highest BCUT2D eigenvalue weighted by atomic mass is 16.7. The van der Waals surface area contributed by atoms with Crippen LogP contribution in [0.25, 0.3) is 0 Å². The Balaban J connectivity index is 0.000000172. The zero-order valence-corrected chi connectivity index (χ0v) is 11.7. The molecule has 3 rings (SSSR count). The Morgan fingerprint density at radius 1 is 1.09 bits per heavy atom. The highest BCUT2D eigenvalue weighted by Crippen LogP contribution is 2.16. The summed E-state index contributed by atoms with van der Waals surface area (Å²) in [5, 5.41) is 10.1. The van der Waals surface area contributed by atoms with Crippen LogP contribution in [0.15, 0.2) is 36.9 Å². The van der Waals surface area contributed by atoms with E-state index in [1.165, 1.54) is 0 Å². The Morgan fingerprint density at radius 3 is 2.09 bits per heavy atom. The number of hydroxylamine groups is 2. The first-order valence-corrected chi connectivity index (χ1v) is 6.46. The van der Waals surface area contributed by atoms with Crippen LogP contribution in [0.5, 0.6) is 0 Å². The minimum Gasteiger partial charge on any atom is -0.296 e. The standard InChI is InChI=1S/C8H8N4O.C5H7N3O/c9-4-7-5-12(7)13-6-8-10-2-1-3-11-8;6-9-4-5-7-2-1-3-8-5/h1-3,7H,5-6H2;1-3H,4,6H2. The van der Waals surface area contributed by atoms with Gasteiger partial charge in [0, 0.05) is 24.8 Å². The summed E-state index contributed by atoms with van der Waals surface area (Å²) in [6.07, 6.45) is 6.61. The zero-order valence-electron chi connectivity index (χ0n) is 11.7. The molecule has 0 saturated carbocycles. The molecule has 3 heterocycles. The van der Waals surface area contributed by atoms with Crippen molar-refractivity contribution in [3.05, 3.63) is 48.6 Å². The molecule has 1 aliphatic rings. The summed E-state index contributed by atoms with van der Waals surface area (Å²) >= 11 is 0. The number of nitrogens with zero attached hydrogens (tertiary/aromatic N) is 6. The maximum absolute atomic E-state index is 8.47. The van der Waals surface area contributed by atoms with E-state index in [4.69, 9.17) is 16.0 Å². The molecule has 2 aromatic rings. The van der Waals surface area contributed by atoms with Gasteiger partial charge in [0.1, 0.15) is 19.3 Å². The molecule has 2 unspecified atom stereocenters. The van der Waals surface area contributed by atoms with Gasteiger partial charge < -0.3 is 0 Å². The maximum Gasteiger partial charge on any atom is 0.155 e. The molecule has 2 N–H and O–H groups in total. The van der Waals surface area contributed by atoms with Crippen molar-refractivity contribution in [3.8, 4) is 6.07 Å². The maximum atomic E-state index is 8.47. The first-order chi connectivity index (χ1) is 10.8. The van der Waals surface area contributed by atoms with Gasteiger partial charge in [0.2, 0.25) is 0 Å². The van der Waals surface area contributed by atoms with Crippen LogP contribution in [0.4, 0.5) is 0 Å². The average molecular weight is 301 g/mol. The van der Waals surface area contributed by atoms with Gasteiger partial charge >= 0.3 is 0 Å². The van der Waals surface area contributed by atoms with Crippen LogP contribution in [-0.4, -0.2) is 37.6 Å². The quantitative estimate of drug-likeness (QED) is 0.599. The van der Waals surface area contributed by atoms with Gasteiger partial charge in [0.25, 0.3) is 0 Å². The zero-order chi connectivity index (χ0) is 15.6. The second-order valence-corrected chi connectivity index (χ2v) is 4.16. The summed E-state index contributed by atoms with van der Waals surface area (Å²) in [4.78, 5) is 25.2. The summed E-state index contributed by atoms with van der Waals surface area (Å²) < 4.78 is 0. The lowest BCUT2D eigenvalue weighted by atomic mass is 10.6. The lowest BCUT2D eigenvalue weighted by Gasteiger charge is -2.00. The fourth-order valence-corrected chi connectivity index (χ4v) is 1.40. The van der Waals surface area contributed by atoms with E-state index in [-0.39, 0.29) is 12.6 Å². The van der Waals surface area contributed by atoms with E-state index < -0.39 is 0 Å². The number of nitrogens with two attached hydrogens (primary N) is 1. The van der Waals surface area contributed by atoms with Crippen molar-refractivity contribution in [2.45, 2.75) is 19.3 Å². The highest BCUT2D eigenvalue weighted by Gasteiger charge is 2.35. The van der Waals surface area contributed by atoms with Crippen molar-refractivity contribution >= 4 is 0 Å². The predicted octanol–water partition coefficient (Wildman–Crippen LogP) is -0.0171. The van der Waals surface area contributed by atoms with Gasteiger partial charge in [0.15, 0.2) is 11.6 Å². The van der Waals surface area contributed by atoms with Crippen molar-refractivity contribution in [2.24, 2.45) is 5.90 Å². The van der Waals surface area contributed by atoms with E-state index in [9.17, 15) is 0 Å². The Kier molecular flexibility index (Phi) is 6.28. The number of hydrogen-bond acceptors (Lipinski definition) is 9. The first-order valence-electron chi connectivity index (χ1n) is 6.46. The largest absolute Gasteiger partial charge is 0.296 e. The molecule has 1 fully saturated rings. The Morgan fingerprint density at radius 2 is 1.64 bits per heavy atom. The fraction of sp³-hybridized carbons (Fsp3) is 0.308.